The van der Waals surface area contributed by atoms with Crippen LogP contribution in [0.15, 0.2) is 21.3 Å². The molecule has 2 heterocycles. The molecule has 1 atom stereocenters. The topological polar surface area (TPSA) is 59.8 Å². The molecule has 5 heteroatoms. The standard InChI is InChI=1S/C14H17NO4/c1-9-6-12(7-13(16)18-9)19-11-4-5-15(8-11)14(17)10-2-3-10/h6-7,10-11H,2-5,8H2,1H3. The van der Waals surface area contributed by atoms with Gasteiger partial charge in [-0.3, -0.25) is 4.79 Å². The van der Waals surface area contributed by atoms with Crippen LogP contribution in [0.3, 0.4) is 0 Å². The van der Waals surface area contributed by atoms with E-state index < -0.39 is 5.63 Å². The zero-order valence-corrected chi connectivity index (χ0v) is 10.9. The van der Waals surface area contributed by atoms with Crippen LogP contribution in [-0.4, -0.2) is 30.0 Å². The lowest BCUT2D eigenvalue weighted by molar-refractivity contribution is -0.131. The van der Waals surface area contributed by atoms with Gasteiger partial charge in [-0.2, -0.15) is 0 Å². The SMILES string of the molecule is Cc1cc(OC2CCN(C(=O)C3CC3)C2)cc(=O)o1. The molecule has 1 aromatic heterocycles. The largest absolute Gasteiger partial charge is 0.488 e. The number of carbonyl (C=O) groups excluding carboxylic acids is 1. The number of ether oxygens (including phenoxy) is 1. The fourth-order valence-electron chi connectivity index (χ4n) is 2.45. The van der Waals surface area contributed by atoms with E-state index in [1.807, 2.05) is 4.90 Å². The molecule has 0 spiro atoms. The average molecular weight is 263 g/mol. The highest BCUT2D eigenvalue weighted by Gasteiger charge is 2.37. The first-order valence-electron chi connectivity index (χ1n) is 6.69. The number of nitrogens with zero attached hydrogens (tertiary/aromatic N) is 1. The molecule has 0 radical (unpaired) electrons. The molecule has 0 N–H and O–H groups in total. The average Bonchev–Trinajstić information content (AvgIpc) is 3.08. The number of hydrogen-bond donors (Lipinski definition) is 0. The monoisotopic (exact) mass is 263 g/mol. The van der Waals surface area contributed by atoms with Crippen LogP contribution in [0.4, 0.5) is 0 Å². The third kappa shape index (κ3) is 2.80. The van der Waals surface area contributed by atoms with Gasteiger partial charge >= 0.3 is 5.63 Å². The van der Waals surface area contributed by atoms with Crippen molar-refractivity contribution < 1.29 is 13.9 Å². The molecule has 1 aliphatic heterocycles. The van der Waals surface area contributed by atoms with Crippen LogP contribution in [0.2, 0.25) is 0 Å². The predicted octanol–water partition coefficient (Wildman–Crippen LogP) is 1.34. The molecule has 3 rings (SSSR count). The zero-order valence-electron chi connectivity index (χ0n) is 10.9. The van der Waals surface area contributed by atoms with E-state index in [-0.39, 0.29) is 17.9 Å². The summed E-state index contributed by atoms with van der Waals surface area (Å²) in [7, 11) is 0. The number of aryl methyl sites for hydroxylation is 1. The van der Waals surface area contributed by atoms with E-state index >= 15 is 0 Å². The number of hydrogen-bond acceptors (Lipinski definition) is 4. The molecule has 102 valence electrons. The Morgan fingerprint density at radius 1 is 1.37 bits per heavy atom. The Labute approximate surface area is 111 Å². The van der Waals surface area contributed by atoms with Crippen molar-refractivity contribution >= 4 is 5.91 Å². The number of likely N-dealkylation sites (tertiary alicyclic amines) is 1. The highest BCUT2D eigenvalue weighted by atomic mass is 16.5. The van der Waals surface area contributed by atoms with Crippen LogP contribution in [0.25, 0.3) is 0 Å². The summed E-state index contributed by atoms with van der Waals surface area (Å²) in [6.45, 7) is 3.08. The van der Waals surface area contributed by atoms with Gasteiger partial charge in [0.15, 0.2) is 0 Å². The molecule has 0 bridgehead atoms. The first kappa shape index (κ1) is 12.3. The Bertz CT molecular complexity index is 547. The van der Waals surface area contributed by atoms with E-state index in [1.54, 1.807) is 13.0 Å². The fraction of sp³-hybridized carbons (Fsp3) is 0.571. The summed E-state index contributed by atoms with van der Waals surface area (Å²) in [4.78, 5) is 25.0. The molecule has 2 fully saturated rings. The van der Waals surface area contributed by atoms with E-state index in [0.717, 1.165) is 25.8 Å². The molecule has 19 heavy (non-hydrogen) atoms. The predicted molar refractivity (Wildman–Crippen MR) is 68.1 cm³/mol. The van der Waals surface area contributed by atoms with Gasteiger partial charge in [0.25, 0.3) is 0 Å². The van der Waals surface area contributed by atoms with Gasteiger partial charge in [-0.1, -0.05) is 0 Å². The summed E-state index contributed by atoms with van der Waals surface area (Å²) in [5.41, 5.74) is -0.404. The van der Waals surface area contributed by atoms with Gasteiger partial charge in [0.1, 0.15) is 17.6 Å². The molecule has 1 unspecified atom stereocenters. The normalized spacial score (nSPS) is 22.6. The minimum atomic E-state index is -0.404. The van der Waals surface area contributed by atoms with Crippen molar-refractivity contribution in [3.63, 3.8) is 0 Å². The molecule has 1 saturated carbocycles. The summed E-state index contributed by atoms with van der Waals surface area (Å²) >= 11 is 0. The minimum Gasteiger partial charge on any atom is -0.488 e. The Morgan fingerprint density at radius 2 is 2.16 bits per heavy atom. The highest BCUT2D eigenvalue weighted by molar-refractivity contribution is 5.81. The highest BCUT2D eigenvalue weighted by Crippen LogP contribution is 2.32. The first-order chi connectivity index (χ1) is 9.11. The molecule has 1 amide bonds. The van der Waals surface area contributed by atoms with E-state index in [4.69, 9.17) is 9.15 Å². The van der Waals surface area contributed by atoms with Crippen molar-refractivity contribution in [3.8, 4) is 5.75 Å². The minimum absolute atomic E-state index is 0.0242. The van der Waals surface area contributed by atoms with Gasteiger partial charge in [-0.15, -0.1) is 0 Å². The lowest BCUT2D eigenvalue weighted by Crippen LogP contribution is -2.32. The molecule has 1 aliphatic carbocycles. The summed E-state index contributed by atoms with van der Waals surface area (Å²) in [5.74, 6) is 1.57. The van der Waals surface area contributed by atoms with Crippen LogP contribution in [0.1, 0.15) is 25.0 Å². The van der Waals surface area contributed by atoms with Gasteiger partial charge in [0.2, 0.25) is 5.91 Å². The van der Waals surface area contributed by atoms with Crippen LogP contribution in [0, 0.1) is 12.8 Å². The lowest BCUT2D eigenvalue weighted by Gasteiger charge is -2.17. The van der Waals surface area contributed by atoms with Crippen molar-refractivity contribution in [3.05, 3.63) is 28.3 Å². The second-order valence-electron chi connectivity index (χ2n) is 5.31. The van der Waals surface area contributed by atoms with E-state index in [1.165, 1.54) is 6.07 Å². The smallest absolute Gasteiger partial charge is 0.339 e. The summed E-state index contributed by atoms with van der Waals surface area (Å²) in [5, 5.41) is 0. The molecular weight excluding hydrogens is 246 g/mol. The van der Waals surface area contributed by atoms with Crippen LogP contribution >= 0.6 is 0 Å². The van der Waals surface area contributed by atoms with Crippen LogP contribution in [-0.2, 0) is 4.79 Å². The summed E-state index contributed by atoms with van der Waals surface area (Å²) in [6.07, 6.45) is 2.85. The van der Waals surface area contributed by atoms with E-state index in [2.05, 4.69) is 0 Å². The first-order valence-corrected chi connectivity index (χ1v) is 6.69. The Balaban J connectivity index is 1.62. The molecule has 5 nitrogen and oxygen atoms in total. The maximum Gasteiger partial charge on any atom is 0.339 e. The van der Waals surface area contributed by atoms with Crippen molar-refractivity contribution in [2.45, 2.75) is 32.3 Å². The Morgan fingerprint density at radius 3 is 2.84 bits per heavy atom. The van der Waals surface area contributed by atoms with Crippen molar-refractivity contribution in [2.75, 3.05) is 13.1 Å². The van der Waals surface area contributed by atoms with Gasteiger partial charge in [0.05, 0.1) is 12.6 Å². The van der Waals surface area contributed by atoms with Gasteiger partial charge in [-0.05, 0) is 19.8 Å². The second kappa shape index (κ2) is 4.72. The maximum atomic E-state index is 11.9. The van der Waals surface area contributed by atoms with Crippen LogP contribution in [0.5, 0.6) is 5.75 Å². The number of rotatable bonds is 3. The molecular formula is C14H17NO4. The quantitative estimate of drug-likeness (QED) is 0.825. The second-order valence-corrected chi connectivity index (χ2v) is 5.31. The van der Waals surface area contributed by atoms with E-state index in [0.29, 0.717) is 18.1 Å². The molecule has 1 saturated heterocycles. The lowest BCUT2D eigenvalue weighted by atomic mass is 10.3. The van der Waals surface area contributed by atoms with Crippen LogP contribution < -0.4 is 10.4 Å². The third-order valence-corrected chi connectivity index (χ3v) is 3.55. The van der Waals surface area contributed by atoms with Gasteiger partial charge in [0, 0.05) is 24.9 Å². The van der Waals surface area contributed by atoms with Crippen molar-refractivity contribution in [1.82, 2.24) is 4.90 Å². The summed E-state index contributed by atoms with van der Waals surface area (Å²) < 4.78 is 10.6. The van der Waals surface area contributed by atoms with Crippen molar-refractivity contribution in [2.24, 2.45) is 5.92 Å². The Kier molecular flexibility index (Phi) is 3.05. The van der Waals surface area contributed by atoms with Crippen molar-refractivity contribution in [1.29, 1.82) is 0 Å². The van der Waals surface area contributed by atoms with Gasteiger partial charge < -0.3 is 14.1 Å². The number of amides is 1. The van der Waals surface area contributed by atoms with E-state index in [9.17, 15) is 9.59 Å². The number of carbonyl (C=O) groups is 1. The van der Waals surface area contributed by atoms with Gasteiger partial charge in [-0.25, -0.2) is 4.79 Å². The fourth-order valence-corrected chi connectivity index (χ4v) is 2.45. The molecule has 0 aromatic carbocycles. The maximum absolute atomic E-state index is 11.9. The summed E-state index contributed by atoms with van der Waals surface area (Å²) in [6, 6.07) is 3.05. The Hall–Kier alpha value is -1.78. The molecule has 2 aliphatic rings. The third-order valence-electron chi connectivity index (χ3n) is 3.55. The molecule has 1 aromatic rings. The zero-order chi connectivity index (χ0) is 13.4.